The largest absolute Gasteiger partial charge is 0.496 e. The Kier molecular flexibility index (Phi) is 10.9. The summed E-state index contributed by atoms with van der Waals surface area (Å²) in [5.74, 6) is 1.73. The summed E-state index contributed by atoms with van der Waals surface area (Å²) in [6.07, 6.45) is 0. The predicted octanol–water partition coefficient (Wildman–Crippen LogP) is 2.77. The van der Waals surface area contributed by atoms with Gasteiger partial charge in [0, 0.05) is 25.7 Å². The number of halogens is 1. The highest BCUT2D eigenvalue weighted by Gasteiger charge is 2.10. The van der Waals surface area contributed by atoms with E-state index >= 15 is 0 Å². The van der Waals surface area contributed by atoms with E-state index in [1.165, 1.54) is 0 Å². The lowest BCUT2D eigenvalue weighted by atomic mass is 10.2. The zero-order valence-electron chi connectivity index (χ0n) is 17.1. The van der Waals surface area contributed by atoms with E-state index in [2.05, 4.69) is 10.2 Å². The summed E-state index contributed by atoms with van der Waals surface area (Å²) in [6, 6.07) is 15.4. The molecule has 0 spiro atoms. The summed E-state index contributed by atoms with van der Waals surface area (Å²) in [7, 11) is 3.66. The first-order valence-corrected chi connectivity index (χ1v) is 9.14. The highest BCUT2D eigenvalue weighted by atomic mass is 127. The molecule has 0 unspecified atom stereocenters. The normalized spacial score (nSPS) is 10.7. The van der Waals surface area contributed by atoms with Gasteiger partial charge >= 0.3 is 0 Å². The second-order valence-electron chi connectivity index (χ2n) is 6.24. The molecule has 0 saturated heterocycles. The molecule has 2 aromatic rings. The molecule has 158 valence electrons. The van der Waals surface area contributed by atoms with Gasteiger partial charge in [-0.1, -0.05) is 30.3 Å². The Morgan fingerprint density at radius 1 is 1.21 bits per heavy atom. The third-order valence-corrected chi connectivity index (χ3v) is 3.99. The molecule has 0 bridgehead atoms. The number of amides is 1. The van der Waals surface area contributed by atoms with Crippen molar-refractivity contribution in [3.8, 4) is 11.5 Å². The first-order valence-electron chi connectivity index (χ1n) is 9.14. The Morgan fingerprint density at radius 3 is 2.66 bits per heavy atom. The summed E-state index contributed by atoms with van der Waals surface area (Å²) in [6.45, 7) is 3.79. The van der Waals surface area contributed by atoms with Crippen LogP contribution in [0.3, 0.4) is 0 Å². The van der Waals surface area contributed by atoms with Gasteiger partial charge in [0.15, 0.2) is 12.6 Å². The quantitative estimate of drug-likeness (QED) is 0.307. The number of hydrogen-bond donors (Lipinski definition) is 2. The molecule has 2 aromatic carbocycles. The van der Waals surface area contributed by atoms with Crippen LogP contribution in [0.5, 0.6) is 11.5 Å². The Labute approximate surface area is 189 Å². The molecular formula is C21H29IN4O3. The van der Waals surface area contributed by atoms with Crippen LogP contribution < -0.4 is 20.5 Å². The van der Waals surface area contributed by atoms with Gasteiger partial charge in [0.2, 0.25) is 0 Å². The lowest BCUT2D eigenvalue weighted by molar-refractivity contribution is -0.119. The van der Waals surface area contributed by atoms with Crippen molar-refractivity contribution in [1.82, 2.24) is 10.2 Å². The van der Waals surface area contributed by atoms with Gasteiger partial charge in [-0.15, -0.1) is 24.0 Å². The number of methoxy groups -OCH3 is 1. The molecule has 0 heterocycles. The van der Waals surface area contributed by atoms with Crippen molar-refractivity contribution in [3.63, 3.8) is 0 Å². The monoisotopic (exact) mass is 512 g/mol. The van der Waals surface area contributed by atoms with Crippen LogP contribution in [0.15, 0.2) is 53.5 Å². The van der Waals surface area contributed by atoms with E-state index < -0.39 is 5.91 Å². The maximum absolute atomic E-state index is 10.9. The van der Waals surface area contributed by atoms with E-state index in [-0.39, 0.29) is 30.6 Å². The van der Waals surface area contributed by atoms with Gasteiger partial charge in [0.25, 0.3) is 5.91 Å². The number of nitrogens with one attached hydrogen (secondary N) is 1. The molecule has 0 atom stereocenters. The molecule has 0 aliphatic heterocycles. The van der Waals surface area contributed by atoms with Gasteiger partial charge in [-0.2, -0.15) is 0 Å². The van der Waals surface area contributed by atoms with Gasteiger partial charge in [-0.3, -0.25) is 4.79 Å². The average Bonchev–Trinajstić information content (AvgIpc) is 2.70. The molecule has 7 nitrogen and oxygen atoms in total. The summed E-state index contributed by atoms with van der Waals surface area (Å²) in [4.78, 5) is 17.6. The average molecular weight is 512 g/mol. The van der Waals surface area contributed by atoms with Gasteiger partial charge < -0.3 is 25.4 Å². The van der Waals surface area contributed by atoms with E-state index in [0.29, 0.717) is 18.8 Å². The van der Waals surface area contributed by atoms with Crippen LogP contribution in [0.4, 0.5) is 0 Å². The molecule has 3 N–H and O–H groups in total. The zero-order chi connectivity index (χ0) is 20.4. The fourth-order valence-corrected chi connectivity index (χ4v) is 2.69. The maximum Gasteiger partial charge on any atom is 0.255 e. The number of hydrogen-bond acceptors (Lipinski definition) is 4. The van der Waals surface area contributed by atoms with E-state index in [4.69, 9.17) is 20.2 Å². The minimum absolute atomic E-state index is 0. The van der Waals surface area contributed by atoms with Crippen LogP contribution in [0.25, 0.3) is 0 Å². The molecule has 8 heteroatoms. The van der Waals surface area contributed by atoms with Crippen LogP contribution in [0.1, 0.15) is 18.1 Å². The van der Waals surface area contributed by atoms with Crippen molar-refractivity contribution in [1.29, 1.82) is 0 Å². The number of nitrogens with zero attached hydrogens (tertiary/aromatic N) is 2. The Balaban J connectivity index is 0.00000420. The molecule has 0 radical (unpaired) electrons. The van der Waals surface area contributed by atoms with Crippen LogP contribution in [0, 0.1) is 0 Å². The SMILES string of the molecule is CCNC(=NCc1cccc(OCC(N)=O)c1)N(C)Cc1ccccc1OC.I. The van der Waals surface area contributed by atoms with Crippen LogP contribution in [0.2, 0.25) is 0 Å². The summed E-state index contributed by atoms with van der Waals surface area (Å²) < 4.78 is 10.8. The van der Waals surface area contributed by atoms with Crippen molar-refractivity contribution in [3.05, 3.63) is 59.7 Å². The number of nitrogens with two attached hydrogens (primary N) is 1. The molecule has 29 heavy (non-hydrogen) atoms. The number of carbonyl (C=O) groups is 1. The molecule has 0 aliphatic carbocycles. The first kappa shape index (κ1) is 24.5. The fourth-order valence-electron chi connectivity index (χ4n) is 2.69. The second kappa shape index (κ2) is 12.9. The Hall–Kier alpha value is -2.49. The van der Waals surface area contributed by atoms with Crippen molar-refractivity contribution in [2.24, 2.45) is 10.7 Å². The number of rotatable bonds is 9. The smallest absolute Gasteiger partial charge is 0.255 e. The third kappa shape index (κ3) is 8.18. The second-order valence-corrected chi connectivity index (χ2v) is 6.24. The fraction of sp³-hybridized carbons (Fsp3) is 0.333. The number of benzene rings is 2. The minimum atomic E-state index is -0.504. The molecular weight excluding hydrogens is 483 g/mol. The number of guanidine groups is 1. The molecule has 2 rings (SSSR count). The predicted molar refractivity (Wildman–Crippen MR) is 126 cm³/mol. The van der Waals surface area contributed by atoms with Gasteiger partial charge in [0.05, 0.1) is 13.7 Å². The van der Waals surface area contributed by atoms with Crippen molar-refractivity contribution < 1.29 is 14.3 Å². The minimum Gasteiger partial charge on any atom is -0.496 e. The van der Waals surface area contributed by atoms with E-state index in [9.17, 15) is 4.79 Å². The topological polar surface area (TPSA) is 89.2 Å². The lowest BCUT2D eigenvalue weighted by Crippen LogP contribution is -2.38. The number of ether oxygens (including phenoxy) is 2. The Bertz CT molecular complexity index is 814. The maximum atomic E-state index is 10.9. The van der Waals surface area contributed by atoms with Crippen molar-refractivity contribution in [2.45, 2.75) is 20.0 Å². The lowest BCUT2D eigenvalue weighted by Gasteiger charge is -2.23. The molecule has 0 saturated carbocycles. The number of carbonyl (C=O) groups excluding carboxylic acids is 1. The van der Waals surface area contributed by atoms with E-state index in [0.717, 1.165) is 29.4 Å². The van der Waals surface area contributed by atoms with E-state index in [1.807, 2.05) is 56.4 Å². The molecule has 0 aromatic heterocycles. The highest BCUT2D eigenvalue weighted by Crippen LogP contribution is 2.19. The highest BCUT2D eigenvalue weighted by molar-refractivity contribution is 14.0. The standard InChI is InChI=1S/C21H28N4O3.HI/c1-4-23-21(25(2)14-17-9-5-6-11-19(17)27-3)24-13-16-8-7-10-18(12-16)28-15-20(22)26;/h5-12H,4,13-15H2,1-3H3,(H2,22,26)(H,23,24);1H. The number of aliphatic imine (C=N–C) groups is 1. The van der Waals surface area contributed by atoms with Crippen molar-refractivity contribution in [2.75, 3.05) is 27.3 Å². The zero-order valence-corrected chi connectivity index (χ0v) is 19.4. The number of primary amides is 1. The van der Waals surface area contributed by atoms with Crippen molar-refractivity contribution >= 4 is 35.8 Å². The van der Waals surface area contributed by atoms with E-state index in [1.54, 1.807) is 13.2 Å². The number of para-hydroxylation sites is 1. The molecule has 0 aliphatic rings. The first-order chi connectivity index (χ1) is 13.5. The molecule has 0 fully saturated rings. The van der Waals surface area contributed by atoms with Gasteiger partial charge in [0.1, 0.15) is 11.5 Å². The Morgan fingerprint density at radius 2 is 1.97 bits per heavy atom. The molecule has 1 amide bonds. The van der Waals surface area contributed by atoms with Crippen LogP contribution in [-0.2, 0) is 17.9 Å². The van der Waals surface area contributed by atoms with Gasteiger partial charge in [-0.25, -0.2) is 4.99 Å². The summed E-state index contributed by atoms with van der Waals surface area (Å²) in [5, 5.41) is 3.31. The van der Waals surface area contributed by atoms with Crippen LogP contribution in [-0.4, -0.2) is 44.1 Å². The summed E-state index contributed by atoms with van der Waals surface area (Å²) >= 11 is 0. The van der Waals surface area contributed by atoms with Gasteiger partial charge in [-0.05, 0) is 30.7 Å². The summed E-state index contributed by atoms with van der Waals surface area (Å²) in [5.41, 5.74) is 7.18. The van der Waals surface area contributed by atoms with Crippen LogP contribution >= 0.6 is 24.0 Å². The third-order valence-electron chi connectivity index (χ3n) is 3.99.